The van der Waals surface area contributed by atoms with Crippen LogP contribution in [0, 0.1) is 5.92 Å². The third-order valence-electron chi connectivity index (χ3n) is 3.37. The van der Waals surface area contributed by atoms with E-state index in [0.717, 1.165) is 18.5 Å². The standard InChI is InChI=1S/C11H25N3/c1-13(2)11-9-14(3)8-6-10(11)5-4-7-12/h10-11H,4-9,12H2,1-3H3. The van der Waals surface area contributed by atoms with Crippen LogP contribution in [0.1, 0.15) is 19.3 Å². The van der Waals surface area contributed by atoms with Crippen LogP contribution < -0.4 is 5.73 Å². The molecule has 0 aromatic carbocycles. The van der Waals surface area contributed by atoms with Gasteiger partial charge in [-0.15, -0.1) is 0 Å². The third-order valence-corrected chi connectivity index (χ3v) is 3.37. The molecule has 0 amide bonds. The second-order valence-electron chi connectivity index (χ2n) is 4.77. The number of nitrogens with zero attached hydrogens (tertiary/aromatic N) is 2. The van der Waals surface area contributed by atoms with Crippen molar-refractivity contribution in [2.45, 2.75) is 25.3 Å². The van der Waals surface area contributed by atoms with Crippen molar-refractivity contribution in [2.75, 3.05) is 40.8 Å². The molecule has 84 valence electrons. The van der Waals surface area contributed by atoms with Crippen molar-refractivity contribution in [2.24, 2.45) is 11.7 Å². The number of likely N-dealkylation sites (N-methyl/N-ethyl adjacent to an activating group) is 2. The molecule has 1 heterocycles. The van der Waals surface area contributed by atoms with E-state index < -0.39 is 0 Å². The third kappa shape index (κ3) is 3.23. The van der Waals surface area contributed by atoms with E-state index in [4.69, 9.17) is 5.73 Å². The van der Waals surface area contributed by atoms with Crippen LogP contribution in [0.2, 0.25) is 0 Å². The van der Waals surface area contributed by atoms with Crippen molar-refractivity contribution in [1.82, 2.24) is 9.80 Å². The van der Waals surface area contributed by atoms with E-state index in [1.54, 1.807) is 0 Å². The first-order valence-corrected chi connectivity index (χ1v) is 5.70. The van der Waals surface area contributed by atoms with Crippen molar-refractivity contribution in [1.29, 1.82) is 0 Å². The summed E-state index contributed by atoms with van der Waals surface area (Å²) in [4.78, 5) is 4.81. The molecular formula is C11H25N3. The van der Waals surface area contributed by atoms with Gasteiger partial charge in [0.15, 0.2) is 0 Å². The smallest absolute Gasteiger partial charge is 0.0245 e. The molecule has 1 fully saturated rings. The second-order valence-corrected chi connectivity index (χ2v) is 4.77. The van der Waals surface area contributed by atoms with Crippen LogP contribution in [-0.2, 0) is 0 Å². The van der Waals surface area contributed by atoms with Crippen molar-refractivity contribution in [3.8, 4) is 0 Å². The van der Waals surface area contributed by atoms with E-state index in [9.17, 15) is 0 Å². The first-order chi connectivity index (χ1) is 6.65. The van der Waals surface area contributed by atoms with Crippen LogP contribution in [0.25, 0.3) is 0 Å². The average molecular weight is 199 g/mol. The summed E-state index contributed by atoms with van der Waals surface area (Å²) in [6.07, 6.45) is 3.81. The predicted molar refractivity (Wildman–Crippen MR) is 61.4 cm³/mol. The van der Waals surface area contributed by atoms with Crippen molar-refractivity contribution in [3.63, 3.8) is 0 Å². The van der Waals surface area contributed by atoms with Crippen molar-refractivity contribution >= 4 is 0 Å². The quantitative estimate of drug-likeness (QED) is 0.720. The fraction of sp³-hybridized carbons (Fsp3) is 1.00. The Morgan fingerprint density at radius 1 is 1.43 bits per heavy atom. The van der Waals surface area contributed by atoms with E-state index in [1.807, 2.05) is 0 Å². The Balaban J connectivity index is 2.45. The molecule has 0 spiro atoms. The maximum absolute atomic E-state index is 5.57. The van der Waals surface area contributed by atoms with Gasteiger partial charge >= 0.3 is 0 Å². The molecule has 1 aliphatic heterocycles. The molecule has 0 aromatic rings. The molecular weight excluding hydrogens is 174 g/mol. The summed E-state index contributed by atoms with van der Waals surface area (Å²) in [6.45, 7) is 3.30. The zero-order valence-corrected chi connectivity index (χ0v) is 9.87. The van der Waals surface area contributed by atoms with Crippen LogP contribution >= 0.6 is 0 Å². The number of rotatable bonds is 4. The molecule has 2 N–H and O–H groups in total. The Bertz CT molecular complexity index is 157. The Morgan fingerprint density at radius 3 is 2.71 bits per heavy atom. The van der Waals surface area contributed by atoms with E-state index >= 15 is 0 Å². The van der Waals surface area contributed by atoms with Gasteiger partial charge in [-0.3, -0.25) is 0 Å². The maximum Gasteiger partial charge on any atom is 0.0245 e. The fourth-order valence-corrected chi connectivity index (χ4v) is 2.44. The van der Waals surface area contributed by atoms with Gasteiger partial charge in [0.05, 0.1) is 0 Å². The highest BCUT2D eigenvalue weighted by molar-refractivity contribution is 4.84. The van der Waals surface area contributed by atoms with Crippen LogP contribution in [-0.4, -0.2) is 56.6 Å². The average Bonchev–Trinajstić information content (AvgIpc) is 2.15. The lowest BCUT2D eigenvalue weighted by molar-refractivity contribution is 0.0927. The highest BCUT2D eigenvalue weighted by Crippen LogP contribution is 2.24. The SMILES string of the molecule is CN1CCC(CCCN)C(N(C)C)C1. The Hall–Kier alpha value is -0.120. The largest absolute Gasteiger partial charge is 0.330 e. The summed E-state index contributed by atoms with van der Waals surface area (Å²) < 4.78 is 0. The number of piperidine rings is 1. The Morgan fingerprint density at radius 2 is 2.14 bits per heavy atom. The molecule has 1 aliphatic rings. The summed E-state index contributed by atoms with van der Waals surface area (Å²) >= 11 is 0. The predicted octanol–water partition coefficient (Wildman–Crippen LogP) is 0.607. The highest BCUT2D eigenvalue weighted by atomic mass is 15.2. The minimum absolute atomic E-state index is 0.722. The van der Waals surface area contributed by atoms with Crippen LogP contribution in [0.5, 0.6) is 0 Å². The van der Waals surface area contributed by atoms with Crippen molar-refractivity contribution in [3.05, 3.63) is 0 Å². The second kappa shape index (κ2) is 5.69. The van der Waals surface area contributed by atoms with Gasteiger partial charge in [-0.05, 0) is 59.4 Å². The van der Waals surface area contributed by atoms with Gasteiger partial charge in [0.25, 0.3) is 0 Å². The van der Waals surface area contributed by atoms with E-state index in [1.165, 1.54) is 32.4 Å². The summed E-state index contributed by atoms with van der Waals surface area (Å²) in [6, 6.07) is 0.722. The monoisotopic (exact) mass is 199 g/mol. The van der Waals surface area contributed by atoms with Gasteiger partial charge in [0.2, 0.25) is 0 Å². The normalized spacial score (nSPS) is 29.8. The summed E-state index contributed by atoms with van der Waals surface area (Å²) in [5.41, 5.74) is 5.57. The molecule has 2 atom stereocenters. The highest BCUT2D eigenvalue weighted by Gasteiger charge is 2.28. The zero-order valence-electron chi connectivity index (χ0n) is 9.87. The molecule has 0 aromatic heterocycles. The molecule has 1 saturated heterocycles. The Kier molecular flexibility index (Phi) is 4.85. The number of likely N-dealkylation sites (tertiary alicyclic amines) is 1. The summed E-state index contributed by atoms with van der Waals surface area (Å²) in [5.74, 6) is 0.852. The van der Waals surface area contributed by atoms with Gasteiger partial charge in [-0.2, -0.15) is 0 Å². The van der Waals surface area contributed by atoms with Gasteiger partial charge in [0, 0.05) is 12.6 Å². The first kappa shape index (κ1) is 12.0. The zero-order chi connectivity index (χ0) is 10.6. The number of hydrogen-bond donors (Lipinski definition) is 1. The minimum atomic E-state index is 0.722. The molecule has 3 heteroatoms. The Labute approximate surface area is 88.2 Å². The molecule has 0 saturated carbocycles. The van der Waals surface area contributed by atoms with Gasteiger partial charge in [-0.25, -0.2) is 0 Å². The molecule has 0 aliphatic carbocycles. The minimum Gasteiger partial charge on any atom is -0.330 e. The van der Waals surface area contributed by atoms with E-state index in [-0.39, 0.29) is 0 Å². The first-order valence-electron chi connectivity index (χ1n) is 5.70. The molecule has 1 rings (SSSR count). The summed E-state index contributed by atoms with van der Waals surface area (Å²) in [7, 11) is 6.61. The molecule has 0 bridgehead atoms. The fourth-order valence-electron chi connectivity index (χ4n) is 2.44. The summed E-state index contributed by atoms with van der Waals surface area (Å²) in [5, 5.41) is 0. The van der Waals surface area contributed by atoms with Crippen LogP contribution in [0.15, 0.2) is 0 Å². The topological polar surface area (TPSA) is 32.5 Å². The maximum atomic E-state index is 5.57. The molecule has 2 unspecified atom stereocenters. The van der Waals surface area contributed by atoms with Gasteiger partial charge < -0.3 is 15.5 Å². The van der Waals surface area contributed by atoms with E-state index in [0.29, 0.717) is 0 Å². The lowest BCUT2D eigenvalue weighted by Crippen LogP contribution is -2.49. The molecule has 14 heavy (non-hydrogen) atoms. The molecule has 3 nitrogen and oxygen atoms in total. The van der Waals surface area contributed by atoms with Crippen LogP contribution in [0.3, 0.4) is 0 Å². The van der Waals surface area contributed by atoms with E-state index in [2.05, 4.69) is 30.9 Å². The van der Waals surface area contributed by atoms with Crippen molar-refractivity contribution < 1.29 is 0 Å². The number of nitrogens with two attached hydrogens (primary N) is 1. The van der Waals surface area contributed by atoms with Gasteiger partial charge in [0.1, 0.15) is 0 Å². The molecule has 0 radical (unpaired) electrons. The van der Waals surface area contributed by atoms with Gasteiger partial charge in [-0.1, -0.05) is 0 Å². The number of hydrogen-bond acceptors (Lipinski definition) is 3. The lowest BCUT2D eigenvalue weighted by Gasteiger charge is -2.40. The van der Waals surface area contributed by atoms with Crippen LogP contribution in [0.4, 0.5) is 0 Å². The lowest BCUT2D eigenvalue weighted by atomic mass is 9.87.